The van der Waals surface area contributed by atoms with Gasteiger partial charge in [-0.15, -0.1) is 11.8 Å². The second kappa shape index (κ2) is 11.1. The molecule has 0 heterocycles. The molecule has 140 valence electrons. The Labute approximate surface area is 165 Å². The van der Waals surface area contributed by atoms with Gasteiger partial charge in [-0.1, -0.05) is 43.6 Å². The Morgan fingerprint density at radius 1 is 1.15 bits per heavy atom. The second-order valence-corrected chi connectivity index (χ2v) is 7.90. The average molecular weight is 392 g/mol. The number of carbonyl (C=O) groups excluding carboxylic acids is 1. The molecule has 0 bridgehead atoms. The Morgan fingerprint density at radius 3 is 2.62 bits per heavy atom. The highest BCUT2D eigenvalue weighted by Gasteiger charge is 2.07. The molecule has 1 N–H and O–H groups in total. The van der Waals surface area contributed by atoms with E-state index in [-0.39, 0.29) is 5.91 Å². The molecule has 3 nitrogen and oxygen atoms in total. The number of ether oxygens (including phenoxy) is 1. The summed E-state index contributed by atoms with van der Waals surface area (Å²) < 4.78 is 5.81. The molecule has 2 rings (SSSR count). The summed E-state index contributed by atoms with van der Waals surface area (Å²) in [4.78, 5) is 13.1. The van der Waals surface area contributed by atoms with E-state index < -0.39 is 0 Å². The largest absolute Gasteiger partial charge is 0.491 e. The predicted molar refractivity (Wildman–Crippen MR) is 110 cm³/mol. The van der Waals surface area contributed by atoms with Crippen LogP contribution < -0.4 is 10.1 Å². The van der Waals surface area contributed by atoms with Crippen molar-refractivity contribution in [3.05, 3.63) is 59.1 Å². The number of carbonyl (C=O) groups is 1. The first-order valence-electron chi connectivity index (χ1n) is 8.93. The lowest BCUT2D eigenvalue weighted by Gasteiger charge is -2.14. The highest BCUT2D eigenvalue weighted by atomic mass is 35.5. The van der Waals surface area contributed by atoms with E-state index in [9.17, 15) is 4.79 Å². The van der Waals surface area contributed by atoms with Crippen LogP contribution in [0.5, 0.6) is 5.75 Å². The zero-order valence-electron chi connectivity index (χ0n) is 15.3. The molecule has 1 amide bonds. The van der Waals surface area contributed by atoms with Crippen molar-refractivity contribution in [1.29, 1.82) is 0 Å². The summed E-state index contributed by atoms with van der Waals surface area (Å²) >= 11 is 7.60. The number of thioether (sulfide) groups is 1. The highest BCUT2D eigenvalue weighted by Crippen LogP contribution is 2.25. The molecule has 0 atom stereocenters. The van der Waals surface area contributed by atoms with Crippen molar-refractivity contribution in [3.63, 3.8) is 0 Å². The first kappa shape index (κ1) is 20.7. The summed E-state index contributed by atoms with van der Waals surface area (Å²) in [5.41, 5.74) is 1.19. The topological polar surface area (TPSA) is 38.3 Å². The minimum Gasteiger partial charge on any atom is -0.491 e. The summed E-state index contributed by atoms with van der Waals surface area (Å²) in [5, 5.41) is 3.66. The van der Waals surface area contributed by atoms with Crippen LogP contribution in [0.1, 0.15) is 38.2 Å². The molecular weight excluding hydrogens is 366 g/mol. The van der Waals surface area contributed by atoms with Gasteiger partial charge in [-0.2, -0.15) is 0 Å². The summed E-state index contributed by atoms with van der Waals surface area (Å²) in [6.45, 7) is 5.29. The van der Waals surface area contributed by atoms with Crippen LogP contribution in [0.25, 0.3) is 0 Å². The van der Waals surface area contributed by atoms with Gasteiger partial charge in [0.05, 0.1) is 6.54 Å². The number of benzene rings is 2. The Bertz CT molecular complexity index is 689. The van der Waals surface area contributed by atoms with Crippen molar-refractivity contribution in [3.8, 4) is 5.75 Å². The Kier molecular flexibility index (Phi) is 8.86. The number of rotatable bonds is 10. The minimum atomic E-state index is 0.0717. The summed E-state index contributed by atoms with van der Waals surface area (Å²) in [7, 11) is 0. The fraction of sp³-hybridized carbons (Fsp3) is 0.381. The van der Waals surface area contributed by atoms with Crippen LogP contribution >= 0.6 is 23.4 Å². The van der Waals surface area contributed by atoms with Gasteiger partial charge in [-0.25, -0.2) is 0 Å². The molecule has 0 aliphatic heterocycles. The van der Waals surface area contributed by atoms with E-state index in [1.807, 2.05) is 42.5 Å². The molecule has 26 heavy (non-hydrogen) atoms. The third kappa shape index (κ3) is 7.30. The van der Waals surface area contributed by atoms with Crippen molar-refractivity contribution in [2.75, 3.05) is 18.9 Å². The SMILES string of the molecule is CC(C)c1ccccc1OCCNC(=O)CCCSc1ccc(Cl)cc1. The molecule has 0 saturated heterocycles. The van der Waals surface area contributed by atoms with Crippen molar-refractivity contribution >= 4 is 29.3 Å². The smallest absolute Gasteiger partial charge is 0.220 e. The fourth-order valence-corrected chi connectivity index (χ4v) is 3.46. The van der Waals surface area contributed by atoms with E-state index in [2.05, 4.69) is 25.2 Å². The van der Waals surface area contributed by atoms with Crippen LogP contribution in [0.15, 0.2) is 53.4 Å². The molecule has 0 spiro atoms. The molecule has 0 aliphatic rings. The maximum Gasteiger partial charge on any atom is 0.220 e. The van der Waals surface area contributed by atoms with Gasteiger partial charge in [-0.05, 0) is 54.0 Å². The lowest BCUT2D eigenvalue weighted by atomic mass is 10.0. The molecule has 0 unspecified atom stereocenters. The van der Waals surface area contributed by atoms with Gasteiger partial charge in [0.25, 0.3) is 0 Å². The first-order chi connectivity index (χ1) is 12.6. The minimum absolute atomic E-state index is 0.0717. The first-order valence-corrected chi connectivity index (χ1v) is 10.3. The Morgan fingerprint density at radius 2 is 1.88 bits per heavy atom. The standard InChI is InChI=1S/C21H26ClNO2S/c1-16(2)19-6-3-4-7-20(19)25-14-13-23-21(24)8-5-15-26-18-11-9-17(22)10-12-18/h3-4,6-7,9-12,16H,5,8,13-15H2,1-2H3,(H,23,24). The zero-order valence-corrected chi connectivity index (χ0v) is 16.9. The van der Waals surface area contributed by atoms with E-state index >= 15 is 0 Å². The lowest BCUT2D eigenvalue weighted by Crippen LogP contribution is -2.28. The molecule has 0 fully saturated rings. The molecule has 5 heteroatoms. The third-order valence-electron chi connectivity index (χ3n) is 3.85. The monoisotopic (exact) mass is 391 g/mol. The van der Waals surface area contributed by atoms with E-state index in [4.69, 9.17) is 16.3 Å². The number of nitrogens with one attached hydrogen (secondary N) is 1. The molecule has 0 radical (unpaired) electrons. The molecule has 0 aliphatic carbocycles. The third-order valence-corrected chi connectivity index (χ3v) is 5.20. The number of halogens is 1. The van der Waals surface area contributed by atoms with E-state index in [1.54, 1.807) is 11.8 Å². The van der Waals surface area contributed by atoms with Crippen molar-refractivity contribution in [2.45, 2.75) is 37.5 Å². The Hall–Kier alpha value is -1.65. The molecule has 2 aromatic carbocycles. The quantitative estimate of drug-likeness (QED) is 0.427. The summed E-state index contributed by atoms with van der Waals surface area (Å²) in [5.74, 6) is 2.30. The molecule has 0 saturated carbocycles. The molecule has 2 aromatic rings. The van der Waals surface area contributed by atoms with E-state index in [1.165, 1.54) is 10.5 Å². The van der Waals surface area contributed by atoms with Crippen molar-refractivity contribution < 1.29 is 9.53 Å². The molecular formula is C21H26ClNO2S. The summed E-state index contributed by atoms with van der Waals surface area (Å²) in [6.07, 6.45) is 1.37. The van der Waals surface area contributed by atoms with Gasteiger partial charge in [-0.3, -0.25) is 4.79 Å². The van der Waals surface area contributed by atoms with Gasteiger partial charge in [0.2, 0.25) is 5.91 Å². The number of para-hydroxylation sites is 1. The van der Waals surface area contributed by atoms with Gasteiger partial charge in [0, 0.05) is 16.3 Å². The van der Waals surface area contributed by atoms with E-state index in [0.29, 0.717) is 25.5 Å². The van der Waals surface area contributed by atoms with Crippen molar-refractivity contribution in [1.82, 2.24) is 5.32 Å². The fourth-order valence-electron chi connectivity index (χ4n) is 2.48. The van der Waals surface area contributed by atoms with Gasteiger partial charge in [0.1, 0.15) is 12.4 Å². The summed E-state index contributed by atoms with van der Waals surface area (Å²) in [6, 6.07) is 15.8. The van der Waals surface area contributed by atoms with Crippen LogP contribution in [-0.4, -0.2) is 24.8 Å². The van der Waals surface area contributed by atoms with E-state index in [0.717, 1.165) is 22.9 Å². The Balaban J connectivity index is 1.58. The normalized spacial score (nSPS) is 10.8. The zero-order chi connectivity index (χ0) is 18.8. The highest BCUT2D eigenvalue weighted by molar-refractivity contribution is 7.99. The van der Waals surface area contributed by atoms with Gasteiger partial charge in [0.15, 0.2) is 0 Å². The van der Waals surface area contributed by atoms with Crippen LogP contribution in [-0.2, 0) is 4.79 Å². The van der Waals surface area contributed by atoms with Gasteiger partial charge >= 0.3 is 0 Å². The average Bonchev–Trinajstić information content (AvgIpc) is 2.64. The predicted octanol–water partition coefficient (Wildman–Crippen LogP) is 5.53. The van der Waals surface area contributed by atoms with Crippen LogP contribution in [0, 0.1) is 0 Å². The number of hydrogen-bond donors (Lipinski definition) is 1. The van der Waals surface area contributed by atoms with Gasteiger partial charge < -0.3 is 10.1 Å². The van der Waals surface area contributed by atoms with Crippen LogP contribution in [0.2, 0.25) is 5.02 Å². The number of hydrogen-bond acceptors (Lipinski definition) is 3. The lowest BCUT2D eigenvalue weighted by molar-refractivity contribution is -0.121. The maximum absolute atomic E-state index is 11.9. The maximum atomic E-state index is 11.9. The number of amides is 1. The second-order valence-electron chi connectivity index (χ2n) is 6.30. The van der Waals surface area contributed by atoms with Crippen LogP contribution in [0.3, 0.4) is 0 Å². The van der Waals surface area contributed by atoms with Crippen molar-refractivity contribution in [2.24, 2.45) is 0 Å². The molecule has 0 aromatic heterocycles. The van der Waals surface area contributed by atoms with Crippen LogP contribution in [0.4, 0.5) is 0 Å².